The molecule has 0 atom stereocenters. The molecule has 1 aromatic rings. The van der Waals surface area contributed by atoms with E-state index in [0.717, 1.165) is 25.7 Å². The standard InChI is InChI=1S/C17H20O3/c1-2-19-16(18)11-13-7-9-17(10-8-13)15-6-4-3-5-14(15)12-20-17/h3-6,11H,2,7-10,12H2,1H3. The van der Waals surface area contributed by atoms with Crippen LogP contribution in [0.3, 0.4) is 0 Å². The van der Waals surface area contributed by atoms with Gasteiger partial charge in [0.1, 0.15) is 0 Å². The van der Waals surface area contributed by atoms with Crippen LogP contribution >= 0.6 is 0 Å². The van der Waals surface area contributed by atoms with Gasteiger partial charge >= 0.3 is 5.97 Å². The summed E-state index contributed by atoms with van der Waals surface area (Å²) < 4.78 is 11.1. The minimum Gasteiger partial charge on any atom is -0.463 e. The van der Waals surface area contributed by atoms with E-state index in [2.05, 4.69) is 24.3 Å². The fourth-order valence-electron chi connectivity index (χ4n) is 3.27. The molecule has 0 bridgehead atoms. The third kappa shape index (κ3) is 2.38. The van der Waals surface area contributed by atoms with Crippen LogP contribution in [-0.4, -0.2) is 12.6 Å². The Balaban J connectivity index is 1.72. The highest BCUT2D eigenvalue weighted by Crippen LogP contribution is 2.47. The van der Waals surface area contributed by atoms with E-state index in [0.29, 0.717) is 13.2 Å². The van der Waals surface area contributed by atoms with E-state index < -0.39 is 0 Å². The Labute approximate surface area is 119 Å². The molecule has 2 aliphatic rings. The second-order valence-electron chi connectivity index (χ2n) is 5.49. The van der Waals surface area contributed by atoms with Crippen LogP contribution in [0.1, 0.15) is 43.7 Å². The molecule has 1 fully saturated rings. The first-order chi connectivity index (χ1) is 9.73. The number of benzene rings is 1. The first kappa shape index (κ1) is 13.4. The molecule has 20 heavy (non-hydrogen) atoms. The van der Waals surface area contributed by atoms with Crippen LogP contribution < -0.4 is 0 Å². The summed E-state index contributed by atoms with van der Waals surface area (Å²) in [6, 6.07) is 8.48. The van der Waals surface area contributed by atoms with Gasteiger partial charge in [0, 0.05) is 6.08 Å². The van der Waals surface area contributed by atoms with E-state index in [-0.39, 0.29) is 11.6 Å². The van der Waals surface area contributed by atoms with Crippen molar-refractivity contribution in [3.63, 3.8) is 0 Å². The Morgan fingerprint density at radius 3 is 2.85 bits per heavy atom. The molecular formula is C17H20O3. The monoisotopic (exact) mass is 272 g/mol. The van der Waals surface area contributed by atoms with Crippen molar-refractivity contribution in [1.29, 1.82) is 0 Å². The molecule has 106 valence electrons. The zero-order valence-corrected chi connectivity index (χ0v) is 11.9. The van der Waals surface area contributed by atoms with Crippen LogP contribution in [0, 0.1) is 0 Å². The lowest BCUT2D eigenvalue weighted by molar-refractivity contribution is -0.137. The maximum absolute atomic E-state index is 11.5. The van der Waals surface area contributed by atoms with Crippen molar-refractivity contribution in [2.75, 3.05) is 6.61 Å². The van der Waals surface area contributed by atoms with Gasteiger partial charge in [-0.3, -0.25) is 0 Å². The highest BCUT2D eigenvalue weighted by Gasteiger charge is 2.41. The number of fused-ring (bicyclic) bond motifs is 2. The molecule has 3 rings (SSSR count). The van der Waals surface area contributed by atoms with E-state index in [1.54, 1.807) is 6.08 Å². The lowest BCUT2D eigenvalue weighted by atomic mass is 9.77. The van der Waals surface area contributed by atoms with Crippen molar-refractivity contribution in [3.8, 4) is 0 Å². The topological polar surface area (TPSA) is 35.5 Å². The number of allylic oxidation sites excluding steroid dienone is 1. The van der Waals surface area contributed by atoms with Gasteiger partial charge in [-0.25, -0.2) is 4.79 Å². The smallest absolute Gasteiger partial charge is 0.330 e. The quantitative estimate of drug-likeness (QED) is 0.611. The average Bonchev–Trinajstić information content (AvgIpc) is 2.82. The summed E-state index contributed by atoms with van der Waals surface area (Å²) in [5.41, 5.74) is 3.71. The summed E-state index contributed by atoms with van der Waals surface area (Å²) >= 11 is 0. The van der Waals surface area contributed by atoms with Crippen LogP contribution in [0.15, 0.2) is 35.9 Å². The summed E-state index contributed by atoms with van der Waals surface area (Å²) in [5.74, 6) is -0.216. The molecule has 1 spiro atoms. The Morgan fingerprint density at radius 1 is 1.35 bits per heavy atom. The number of ether oxygens (including phenoxy) is 2. The van der Waals surface area contributed by atoms with Crippen LogP contribution in [0.4, 0.5) is 0 Å². The van der Waals surface area contributed by atoms with E-state index in [9.17, 15) is 4.79 Å². The largest absolute Gasteiger partial charge is 0.463 e. The minimum absolute atomic E-state index is 0.122. The van der Waals surface area contributed by atoms with Crippen molar-refractivity contribution >= 4 is 5.97 Å². The molecule has 0 radical (unpaired) electrons. The van der Waals surface area contributed by atoms with Crippen LogP contribution in [0.2, 0.25) is 0 Å². The first-order valence-corrected chi connectivity index (χ1v) is 7.32. The fourth-order valence-corrected chi connectivity index (χ4v) is 3.27. The molecule has 0 unspecified atom stereocenters. The number of rotatable bonds is 2. The van der Waals surface area contributed by atoms with Crippen molar-refractivity contribution < 1.29 is 14.3 Å². The molecule has 1 aromatic carbocycles. The molecule has 1 heterocycles. The SMILES string of the molecule is CCOC(=O)C=C1CCC2(CC1)OCc1ccccc12. The van der Waals surface area contributed by atoms with E-state index >= 15 is 0 Å². The molecule has 0 aromatic heterocycles. The summed E-state index contributed by atoms with van der Waals surface area (Å²) in [6.07, 6.45) is 5.39. The van der Waals surface area contributed by atoms with Crippen molar-refractivity contribution in [1.82, 2.24) is 0 Å². The molecule has 0 saturated heterocycles. The Kier molecular flexibility index (Phi) is 3.62. The second kappa shape index (κ2) is 5.41. The Bertz CT molecular complexity index is 535. The molecule has 3 heteroatoms. The van der Waals surface area contributed by atoms with E-state index in [1.807, 2.05) is 6.92 Å². The maximum atomic E-state index is 11.5. The normalized spacial score (nSPS) is 24.6. The molecule has 1 aliphatic carbocycles. The summed E-state index contributed by atoms with van der Waals surface area (Å²) in [7, 11) is 0. The van der Waals surface area contributed by atoms with Gasteiger partial charge in [0.05, 0.1) is 18.8 Å². The zero-order chi connectivity index (χ0) is 14.0. The van der Waals surface area contributed by atoms with Crippen molar-refractivity contribution in [2.24, 2.45) is 0 Å². The molecule has 3 nitrogen and oxygen atoms in total. The third-order valence-corrected chi connectivity index (χ3v) is 4.32. The van der Waals surface area contributed by atoms with Gasteiger partial charge in [-0.2, -0.15) is 0 Å². The highest BCUT2D eigenvalue weighted by atomic mass is 16.5. The van der Waals surface area contributed by atoms with Gasteiger partial charge in [0.15, 0.2) is 0 Å². The molecular weight excluding hydrogens is 252 g/mol. The minimum atomic E-state index is -0.216. The summed E-state index contributed by atoms with van der Waals surface area (Å²) in [4.78, 5) is 11.5. The molecule has 1 saturated carbocycles. The Morgan fingerprint density at radius 2 is 2.10 bits per heavy atom. The van der Waals surface area contributed by atoms with Crippen LogP contribution in [0.25, 0.3) is 0 Å². The predicted octanol–water partition coefficient (Wildman–Crippen LogP) is 3.48. The number of esters is 1. The van der Waals surface area contributed by atoms with E-state index in [4.69, 9.17) is 9.47 Å². The van der Waals surface area contributed by atoms with Gasteiger partial charge in [0.2, 0.25) is 0 Å². The number of hydrogen-bond donors (Lipinski definition) is 0. The molecule has 0 amide bonds. The molecule has 1 aliphatic heterocycles. The first-order valence-electron chi connectivity index (χ1n) is 7.32. The predicted molar refractivity (Wildman–Crippen MR) is 76.1 cm³/mol. The zero-order valence-electron chi connectivity index (χ0n) is 11.9. The average molecular weight is 272 g/mol. The summed E-state index contributed by atoms with van der Waals surface area (Å²) in [6.45, 7) is 2.98. The number of carbonyl (C=O) groups excluding carboxylic acids is 1. The van der Waals surface area contributed by atoms with Gasteiger partial charge in [0.25, 0.3) is 0 Å². The number of carbonyl (C=O) groups is 1. The van der Waals surface area contributed by atoms with Gasteiger partial charge in [-0.05, 0) is 43.7 Å². The summed E-state index contributed by atoms with van der Waals surface area (Å²) in [5, 5.41) is 0. The van der Waals surface area contributed by atoms with Gasteiger partial charge < -0.3 is 9.47 Å². The van der Waals surface area contributed by atoms with E-state index in [1.165, 1.54) is 16.7 Å². The van der Waals surface area contributed by atoms with Crippen LogP contribution in [0.5, 0.6) is 0 Å². The lowest BCUT2D eigenvalue weighted by Gasteiger charge is -2.34. The van der Waals surface area contributed by atoms with Crippen LogP contribution in [-0.2, 0) is 26.5 Å². The van der Waals surface area contributed by atoms with Crippen molar-refractivity contribution in [2.45, 2.75) is 44.8 Å². The molecule has 0 N–H and O–H groups in total. The lowest BCUT2D eigenvalue weighted by Crippen LogP contribution is -2.29. The van der Waals surface area contributed by atoms with Gasteiger partial charge in [-0.15, -0.1) is 0 Å². The third-order valence-electron chi connectivity index (χ3n) is 4.32. The number of hydrogen-bond acceptors (Lipinski definition) is 3. The maximum Gasteiger partial charge on any atom is 0.330 e. The van der Waals surface area contributed by atoms with Crippen molar-refractivity contribution in [3.05, 3.63) is 47.0 Å². The second-order valence-corrected chi connectivity index (χ2v) is 5.49. The Hall–Kier alpha value is -1.61. The highest BCUT2D eigenvalue weighted by molar-refractivity contribution is 5.82. The van der Waals surface area contributed by atoms with Gasteiger partial charge in [-0.1, -0.05) is 29.8 Å². The fraction of sp³-hybridized carbons (Fsp3) is 0.471.